The Hall–Kier alpha value is 0.870. The molecule has 0 saturated heterocycles. The lowest BCUT2D eigenvalue weighted by atomic mass is 10.2. The molecule has 0 unspecified atom stereocenters. The summed E-state index contributed by atoms with van der Waals surface area (Å²) >= 11 is 11.3. The maximum absolute atomic E-state index is 3.57. The molecule has 0 nitrogen and oxygen atoms in total. The van der Waals surface area contributed by atoms with Crippen molar-refractivity contribution in [3.63, 3.8) is 0 Å². The van der Waals surface area contributed by atoms with E-state index < -0.39 is 0 Å². The largest absolute Gasteiger partial charge is 0.127 e. The molecule has 0 aliphatic carbocycles. The summed E-state index contributed by atoms with van der Waals surface area (Å²) in [6.07, 6.45) is 0. The Bertz CT molecular complexity index is 450. The number of benzene rings is 1. The summed E-state index contributed by atoms with van der Waals surface area (Å²) in [5, 5.41) is 2.28. The van der Waals surface area contributed by atoms with Crippen molar-refractivity contribution in [3.05, 3.63) is 31.1 Å². The Balaban J connectivity index is 2.84. The highest BCUT2D eigenvalue weighted by Crippen LogP contribution is 2.38. The summed E-state index contributed by atoms with van der Waals surface area (Å²) in [4.78, 5) is 0. The lowest BCUT2D eigenvalue weighted by molar-refractivity contribution is 1.51. The van der Waals surface area contributed by atoms with E-state index in [0.29, 0.717) is 0 Å². The highest BCUT2D eigenvalue weighted by molar-refractivity contribution is 14.1. The van der Waals surface area contributed by atoms with E-state index in [1.165, 1.54) is 23.0 Å². The predicted molar refractivity (Wildman–Crippen MR) is 74.9 cm³/mol. The molecule has 13 heavy (non-hydrogen) atoms. The summed E-state index contributed by atoms with van der Waals surface area (Å²) < 4.78 is 3.94. The second kappa shape index (κ2) is 4.16. The zero-order valence-electron chi connectivity index (χ0n) is 6.48. The van der Waals surface area contributed by atoms with Crippen LogP contribution in [0.3, 0.4) is 0 Å². The van der Waals surface area contributed by atoms with Gasteiger partial charge in [-0.2, -0.15) is 0 Å². The maximum atomic E-state index is 3.57. The number of hydrogen-bond acceptors (Lipinski definition) is 1. The Morgan fingerprint density at radius 1 is 1.38 bits per heavy atom. The number of rotatable bonds is 1. The zero-order valence-corrected chi connectivity index (χ0v) is 12.6. The van der Waals surface area contributed by atoms with Crippen molar-refractivity contribution in [3.8, 4) is 0 Å². The molecule has 1 aromatic carbocycles. The zero-order chi connectivity index (χ0) is 9.42. The van der Waals surface area contributed by atoms with Crippen molar-refractivity contribution in [1.29, 1.82) is 0 Å². The second-order valence-electron chi connectivity index (χ2n) is 2.62. The SMILES string of the molecule is BrCc1cccc2c(I)c(Br)sc12. The van der Waals surface area contributed by atoms with E-state index in [0.717, 1.165) is 5.33 Å². The van der Waals surface area contributed by atoms with Crippen molar-refractivity contribution in [2.45, 2.75) is 5.33 Å². The number of fused-ring (bicyclic) bond motifs is 1. The molecule has 0 atom stereocenters. The minimum atomic E-state index is 0.924. The van der Waals surface area contributed by atoms with Crippen LogP contribution in [0, 0.1) is 3.57 Å². The van der Waals surface area contributed by atoms with Crippen LogP contribution in [0.1, 0.15) is 5.56 Å². The van der Waals surface area contributed by atoms with Gasteiger partial charge in [-0.3, -0.25) is 0 Å². The van der Waals surface area contributed by atoms with Gasteiger partial charge < -0.3 is 0 Å². The fourth-order valence-electron chi connectivity index (χ4n) is 1.22. The number of alkyl halides is 1. The summed E-state index contributed by atoms with van der Waals surface area (Å²) in [6.45, 7) is 0. The summed E-state index contributed by atoms with van der Waals surface area (Å²) in [5.74, 6) is 0. The van der Waals surface area contributed by atoms with Gasteiger partial charge in [0.25, 0.3) is 0 Å². The Labute approximate surface area is 111 Å². The van der Waals surface area contributed by atoms with E-state index in [-0.39, 0.29) is 0 Å². The molecule has 68 valence electrons. The quantitative estimate of drug-likeness (QED) is 0.432. The molecule has 0 aliphatic heterocycles. The van der Waals surface area contributed by atoms with Crippen molar-refractivity contribution in [1.82, 2.24) is 0 Å². The predicted octanol–water partition coefficient (Wildman–Crippen LogP) is 5.16. The number of halogens is 3. The van der Waals surface area contributed by atoms with Gasteiger partial charge in [0.2, 0.25) is 0 Å². The van der Waals surface area contributed by atoms with Gasteiger partial charge in [0.15, 0.2) is 0 Å². The molecule has 1 aromatic heterocycles. The molecular weight excluding hydrogens is 427 g/mol. The van der Waals surface area contributed by atoms with Gasteiger partial charge in [-0.25, -0.2) is 0 Å². The average Bonchev–Trinajstić information content (AvgIpc) is 2.43. The minimum absolute atomic E-state index is 0.924. The Morgan fingerprint density at radius 3 is 2.85 bits per heavy atom. The van der Waals surface area contributed by atoms with E-state index in [1.54, 1.807) is 0 Å². The van der Waals surface area contributed by atoms with E-state index >= 15 is 0 Å². The maximum Gasteiger partial charge on any atom is 0.0844 e. The molecule has 0 bridgehead atoms. The van der Waals surface area contributed by atoms with Gasteiger partial charge in [0.05, 0.1) is 3.79 Å². The summed E-state index contributed by atoms with van der Waals surface area (Å²) in [6, 6.07) is 6.45. The summed E-state index contributed by atoms with van der Waals surface area (Å²) in [7, 11) is 0. The second-order valence-corrected chi connectivity index (χ2v) is 6.60. The van der Waals surface area contributed by atoms with Crippen molar-refractivity contribution in [2.75, 3.05) is 0 Å². The molecule has 0 saturated carbocycles. The highest BCUT2D eigenvalue weighted by Gasteiger charge is 2.09. The van der Waals surface area contributed by atoms with Crippen LogP contribution in [0.15, 0.2) is 22.0 Å². The lowest BCUT2D eigenvalue weighted by Gasteiger charge is -1.96. The van der Waals surface area contributed by atoms with Gasteiger partial charge >= 0.3 is 0 Å². The minimum Gasteiger partial charge on any atom is -0.127 e. The van der Waals surface area contributed by atoms with Gasteiger partial charge in [0.1, 0.15) is 0 Å². The van der Waals surface area contributed by atoms with E-state index in [9.17, 15) is 0 Å². The molecule has 0 aliphatic rings. The van der Waals surface area contributed by atoms with E-state index in [2.05, 4.69) is 72.6 Å². The first kappa shape index (κ1) is 10.4. The molecule has 4 heteroatoms. The lowest BCUT2D eigenvalue weighted by Crippen LogP contribution is -1.76. The molecule has 1 heterocycles. The van der Waals surface area contributed by atoms with Crippen LogP contribution in [0.25, 0.3) is 10.1 Å². The molecule has 0 N–H and O–H groups in total. The molecule has 0 radical (unpaired) electrons. The third-order valence-corrected chi connectivity index (χ3v) is 6.62. The van der Waals surface area contributed by atoms with Crippen LogP contribution in [-0.4, -0.2) is 0 Å². The van der Waals surface area contributed by atoms with Crippen molar-refractivity contribution >= 4 is 75.9 Å². The fraction of sp³-hybridized carbons (Fsp3) is 0.111. The monoisotopic (exact) mass is 430 g/mol. The molecule has 0 amide bonds. The van der Waals surface area contributed by atoms with Crippen molar-refractivity contribution < 1.29 is 0 Å². The smallest absolute Gasteiger partial charge is 0.0844 e. The molecule has 2 aromatic rings. The third-order valence-electron chi connectivity index (χ3n) is 1.84. The van der Waals surface area contributed by atoms with Crippen LogP contribution in [0.4, 0.5) is 0 Å². The van der Waals surface area contributed by atoms with Crippen LogP contribution in [-0.2, 0) is 5.33 Å². The van der Waals surface area contributed by atoms with E-state index in [1.807, 2.05) is 11.3 Å². The topological polar surface area (TPSA) is 0 Å². The van der Waals surface area contributed by atoms with Crippen molar-refractivity contribution in [2.24, 2.45) is 0 Å². The third kappa shape index (κ3) is 1.82. The van der Waals surface area contributed by atoms with Crippen LogP contribution >= 0.6 is 65.8 Å². The normalized spacial score (nSPS) is 11.0. The van der Waals surface area contributed by atoms with Gasteiger partial charge in [0, 0.05) is 19.0 Å². The molecule has 2 rings (SSSR count). The van der Waals surface area contributed by atoms with Crippen LogP contribution < -0.4 is 0 Å². The van der Waals surface area contributed by atoms with Gasteiger partial charge in [-0.1, -0.05) is 34.1 Å². The molecule has 0 spiro atoms. The molecular formula is C9H5Br2IS. The highest BCUT2D eigenvalue weighted by atomic mass is 127. The summed E-state index contributed by atoms with van der Waals surface area (Å²) in [5.41, 5.74) is 1.37. The van der Waals surface area contributed by atoms with Gasteiger partial charge in [-0.05, 0) is 44.1 Å². The number of thiophene rings is 1. The fourth-order valence-corrected chi connectivity index (χ4v) is 4.47. The van der Waals surface area contributed by atoms with Crippen LogP contribution in [0.2, 0.25) is 0 Å². The van der Waals surface area contributed by atoms with Crippen LogP contribution in [0.5, 0.6) is 0 Å². The average molecular weight is 432 g/mol. The van der Waals surface area contributed by atoms with E-state index in [4.69, 9.17) is 0 Å². The molecule has 0 fully saturated rings. The number of hydrogen-bond donors (Lipinski definition) is 0. The standard InChI is InChI=1S/C9H5Br2IS/c10-4-5-2-1-3-6-7(12)9(11)13-8(5)6/h1-3H,4H2. The first-order valence-corrected chi connectivity index (χ1v) is 7.46. The first-order valence-electron chi connectivity index (χ1n) is 3.65. The van der Waals surface area contributed by atoms with Gasteiger partial charge in [-0.15, -0.1) is 11.3 Å². The Kier molecular flexibility index (Phi) is 3.33. The first-order chi connectivity index (χ1) is 6.24. The Morgan fingerprint density at radius 2 is 2.15 bits per heavy atom.